The summed E-state index contributed by atoms with van der Waals surface area (Å²) in [6.45, 7) is 0.264. The highest BCUT2D eigenvalue weighted by molar-refractivity contribution is 7.71. The molecule has 4 aromatic rings. The molecule has 1 saturated heterocycles. The van der Waals surface area contributed by atoms with Crippen molar-refractivity contribution < 1.29 is 4.79 Å². The Labute approximate surface area is 179 Å². The van der Waals surface area contributed by atoms with Gasteiger partial charge in [-0.05, 0) is 36.0 Å². The smallest absolute Gasteiger partial charge is 0.262 e. The Morgan fingerprint density at radius 2 is 1.90 bits per heavy atom. The number of aromatic amines is 1. The second kappa shape index (κ2) is 6.94. The fourth-order valence-electron chi connectivity index (χ4n) is 3.48. The minimum absolute atomic E-state index is 0.264. The average molecular weight is 446 g/mol. The first-order chi connectivity index (χ1) is 14.1. The van der Waals surface area contributed by atoms with Crippen molar-refractivity contribution in [1.82, 2.24) is 29.9 Å². The van der Waals surface area contributed by atoms with E-state index in [0.29, 0.717) is 10.8 Å². The van der Waals surface area contributed by atoms with Crippen molar-refractivity contribution in [3.8, 4) is 0 Å². The number of alkyl halides is 1. The van der Waals surface area contributed by atoms with E-state index in [1.807, 2.05) is 42.5 Å². The number of nitrogens with zero attached hydrogens (tertiary/aromatic N) is 6. The Bertz CT molecular complexity index is 1300. The summed E-state index contributed by atoms with van der Waals surface area (Å²) in [7, 11) is 0. The maximum Gasteiger partial charge on any atom is 0.262 e. The molecular formula is C18H13Cl2N7OS. The number of fused-ring (bicyclic) bond motifs is 1. The van der Waals surface area contributed by atoms with E-state index in [1.54, 1.807) is 15.4 Å². The molecule has 2 aromatic carbocycles. The SMILES string of the molecule is O=C1C(Cl)C(c2ccccc2Cl)N1n1c(Cn2nnc3ccccc32)n[nH]c1=S. The van der Waals surface area contributed by atoms with E-state index in [2.05, 4.69) is 20.5 Å². The molecule has 8 nitrogen and oxygen atoms in total. The van der Waals surface area contributed by atoms with E-state index in [0.717, 1.165) is 16.6 Å². The van der Waals surface area contributed by atoms with Crippen LogP contribution in [0, 0.1) is 4.77 Å². The van der Waals surface area contributed by atoms with E-state index < -0.39 is 11.4 Å². The standard InChI is InChI=1S/C18H13Cl2N7OS/c19-11-6-2-1-5-10(11)16-15(20)17(28)27(16)26-14(22-23-18(26)29)9-25-13-8-4-3-7-12(13)21-24-25/h1-8,15-16H,9H2,(H,23,29). The van der Waals surface area contributed by atoms with E-state index >= 15 is 0 Å². The van der Waals surface area contributed by atoms with Crippen molar-refractivity contribution in [2.75, 3.05) is 5.01 Å². The molecule has 0 bridgehead atoms. The molecule has 1 fully saturated rings. The van der Waals surface area contributed by atoms with Crippen molar-refractivity contribution in [3.05, 3.63) is 69.7 Å². The number of halogens is 2. The van der Waals surface area contributed by atoms with Crippen LogP contribution in [0.3, 0.4) is 0 Å². The zero-order valence-corrected chi connectivity index (χ0v) is 17.1. The quantitative estimate of drug-likeness (QED) is 0.296. The molecular weight excluding hydrogens is 433 g/mol. The van der Waals surface area contributed by atoms with Crippen molar-refractivity contribution in [1.29, 1.82) is 0 Å². The van der Waals surface area contributed by atoms with E-state index in [4.69, 9.17) is 35.4 Å². The number of hydrogen-bond donors (Lipinski definition) is 1. The number of β-lactam (4-membered cyclic amide) rings is 1. The zero-order valence-electron chi connectivity index (χ0n) is 14.7. The highest BCUT2D eigenvalue weighted by Crippen LogP contribution is 2.40. The molecule has 3 heterocycles. The van der Waals surface area contributed by atoms with Crippen LogP contribution in [0.2, 0.25) is 5.02 Å². The molecule has 5 rings (SSSR count). The number of para-hydroxylation sites is 1. The molecule has 1 aliphatic heterocycles. The van der Waals surface area contributed by atoms with Crippen LogP contribution in [-0.2, 0) is 11.3 Å². The molecule has 29 heavy (non-hydrogen) atoms. The van der Waals surface area contributed by atoms with Crippen molar-refractivity contribution in [2.45, 2.75) is 18.0 Å². The molecule has 2 aromatic heterocycles. The molecule has 2 atom stereocenters. The monoisotopic (exact) mass is 445 g/mol. The van der Waals surface area contributed by atoms with Gasteiger partial charge in [-0.2, -0.15) is 5.10 Å². The van der Waals surface area contributed by atoms with Gasteiger partial charge >= 0.3 is 0 Å². The number of benzene rings is 2. The largest absolute Gasteiger partial charge is 0.271 e. The molecule has 1 amide bonds. The lowest BCUT2D eigenvalue weighted by atomic mass is 9.95. The maximum absolute atomic E-state index is 12.7. The average Bonchev–Trinajstić information content (AvgIpc) is 3.30. The topological polar surface area (TPSA) is 84.6 Å². The summed E-state index contributed by atoms with van der Waals surface area (Å²) < 4.78 is 3.53. The van der Waals surface area contributed by atoms with Gasteiger partial charge in [0.2, 0.25) is 4.77 Å². The Balaban J connectivity index is 1.56. The summed E-state index contributed by atoms with van der Waals surface area (Å²) in [5.41, 5.74) is 2.36. The number of aromatic nitrogens is 6. The highest BCUT2D eigenvalue weighted by atomic mass is 35.5. The molecule has 1 N–H and O–H groups in total. The van der Waals surface area contributed by atoms with E-state index in [-0.39, 0.29) is 17.2 Å². The number of hydrogen-bond acceptors (Lipinski definition) is 5. The van der Waals surface area contributed by atoms with E-state index in [9.17, 15) is 4.79 Å². The minimum Gasteiger partial charge on any atom is -0.271 e. The van der Waals surface area contributed by atoms with Crippen molar-refractivity contribution >= 4 is 52.4 Å². The van der Waals surface area contributed by atoms with Crippen LogP contribution < -0.4 is 5.01 Å². The first kappa shape index (κ1) is 18.3. The van der Waals surface area contributed by atoms with Gasteiger partial charge in [-0.25, -0.2) is 14.4 Å². The number of carbonyl (C=O) groups excluding carboxylic acids is 1. The maximum atomic E-state index is 12.7. The molecule has 0 aliphatic carbocycles. The zero-order chi connectivity index (χ0) is 20.1. The molecule has 0 spiro atoms. The van der Waals surface area contributed by atoms with Crippen molar-refractivity contribution in [2.24, 2.45) is 0 Å². The summed E-state index contributed by atoms with van der Waals surface area (Å²) in [5, 5.41) is 16.7. The predicted molar refractivity (Wildman–Crippen MR) is 111 cm³/mol. The van der Waals surface area contributed by atoms with Crippen LogP contribution in [0.15, 0.2) is 48.5 Å². The van der Waals surface area contributed by atoms with Gasteiger partial charge in [0.05, 0.1) is 5.52 Å². The lowest BCUT2D eigenvalue weighted by Gasteiger charge is -2.44. The Hall–Kier alpha value is -2.75. The molecule has 146 valence electrons. The van der Waals surface area contributed by atoms with Crippen LogP contribution >= 0.6 is 35.4 Å². The minimum atomic E-state index is -0.744. The number of H-pyrrole nitrogens is 1. The van der Waals surface area contributed by atoms with Crippen LogP contribution in [0.1, 0.15) is 17.4 Å². The third-order valence-corrected chi connectivity index (χ3v) is 5.90. The molecule has 0 radical (unpaired) electrons. The van der Waals surface area contributed by atoms with Crippen molar-refractivity contribution in [3.63, 3.8) is 0 Å². The van der Waals surface area contributed by atoms with Gasteiger partial charge in [-0.1, -0.05) is 47.1 Å². The lowest BCUT2D eigenvalue weighted by molar-refractivity contribution is -0.126. The van der Waals surface area contributed by atoms with Crippen LogP contribution in [0.5, 0.6) is 0 Å². The van der Waals surface area contributed by atoms with Gasteiger partial charge in [0.1, 0.15) is 23.5 Å². The third-order valence-electron chi connectivity index (χ3n) is 4.87. The van der Waals surface area contributed by atoms with Crippen LogP contribution in [-0.4, -0.2) is 41.2 Å². The number of amides is 1. The van der Waals surface area contributed by atoms with Gasteiger partial charge in [-0.15, -0.1) is 16.7 Å². The Kier molecular flexibility index (Phi) is 4.38. The molecule has 1 aliphatic rings. The van der Waals surface area contributed by atoms with E-state index in [1.165, 1.54) is 5.01 Å². The second-order valence-corrected chi connectivity index (χ2v) is 7.81. The fourth-order valence-corrected chi connectivity index (χ4v) is 4.31. The second-order valence-electron chi connectivity index (χ2n) is 6.54. The summed E-state index contributed by atoms with van der Waals surface area (Å²) >= 11 is 18.1. The molecule has 0 saturated carbocycles. The first-order valence-electron chi connectivity index (χ1n) is 8.72. The number of rotatable bonds is 4. The predicted octanol–water partition coefficient (Wildman–Crippen LogP) is 3.21. The summed E-state index contributed by atoms with van der Waals surface area (Å²) in [6, 6.07) is 14.4. The first-order valence-corrected chi connectivity index (χ1v) is 9.95. The fraction of sp³-hybridized carbons (Fsp3) is 0.167. The number of carbonyl (C=O) groups is 1. The van der Waals surface area contributed by atoms with Crippen LogP contribution in [0.4, 0.5) is 0 Å². The Morgan fingerprint density at radius 1 is 1.14 bits per heavy atom. The summed E-state index contributed by atoms with van der Waals surface area (Å²) in [4.78, 5) is 12.7. The molecule has 11 heteroatoms. The van der Waals surface area contributed by atoms with Gasteiger partial charge in [-0.3, -0.25) is 9.89 Å². The van der Waals surface area contributed by atoms with Gasteiger partial charge in [0.15, 0.2) is 5.82 Å². The van der Waals surface area contributed by atoms with Gasteiger partial charge in [0.25, 0.3) is 5.91 Å². The third kappa shape index (κ3) is 2.85. The van der Waals surface area contributed by atoms with Gasteiger partial charge < -0.3 is 0 Å². The summed E-state index contributed by atoms with van der Waals surface area (Å²) in [6.07, 6.45) is 0. The lowest BCUT2D eigenvalue weighted by Crippen LogP contribution is -2.62. The number of nitrogens with one attached hydrogen (secondary N) is 1. The van der Waals surface area contributed by atoms with Crippen LogP contribution in [0.25, 0.3) is 11.0 Å². The summed E-state index contributed by atoms with van der Waals surface area (Å²) in [5.74, 6) is 0.221. The normalized spacial score (nSPS) is 19.0. The highest BCUT2D eigenvalue weighted by Gasteiger charge is 2.50. The molecule has 2 unspecified atom stereocenters. The van der Waals surface area contributed by atoms with Gasteiger partial charge in [0, 0.05) is 5.02 Å². The Morgan fingerprint density at radius 3 is 2.72 bits per heavy atom.